The van der Waals surface area contributed by atoms with Crippen molar-refractivity contribution >= 4 is 44.9 Å². The van der Waals surface area contributed by atoms with Crippen LogP contribution in [0.1, 0.15) is 44.3 Å². The van der Waals surface area contributed by atoms with Gasteiger partial charge in [-0.1, -0.05) is 35.4 Å². The number of hydrogen-bond acceptors (Lipinski definition) is 5. The predicted molar refractivity (Wildman–Crippen MR) is 133 cm³/mol. The lowest BCUT2D eigenvalue weighted by Crippen LogP contribution is -2.17. The summed E-state index contributed by atoms with van der Waals surface area (Å²) in [5, 5.41) is 2.70. The molecule has 0 aliphatic heterocycles. The van der Waals surface area contributed by atoms with Crippen LogP contribution >= 0.6 is 11.6 Å². The van der Waals surface area contributed by atoms with Gasteiger partial charge in [-0.15, -0.1) is 0 Å². The van der Waals surface area contributed by atoms with Gasteiger partial charge in [0.1, 0.15) is 4.90 Å². The molecular formula is C25H25ClN2O5S. The van der Waals surface area contributed by atoms with E-state index in [9.17, 15) is 18.0 Å². The number of rotatable bonds is 7. The number of amides is 1. The molecule has 0 radical (unpaired) electrons. The second kappa shape index (κ2) is 10.3. The fourth-order valence-corrected chi connectivity index (χ4v) is 5.03. The van der Waals surface area contributed by atoms with Gasteiger partial charge in [-0.25, -0.2) is 13.2 Å². The molecule has 0 fully saturated rings. The molecule has 9 heteroatoms. The number of sulfonamides is 1. The van der Waals surface area contributed by atoms with Crippen LogP contribution < -0.4 is 10.0 Å². The fourth-order valence-electron chi connectivity index (χ4n) is 3.37. The van der Waals surface area contributed by atoms with Gasteiger partial charge in [-0.05, 0) is 75.2 Å². The molecule has 0 bridgehead atoms. The first-order valence-corrected chi connectivity index (χ1v) is 12.4. The summed E-state index contributed by atoms with van der Waals surface area (Å²) in [6.45, 7) is 7.33. The topological polar surface area (TPSA) is 102 Å². The maximum absolute atomic E-state index is 13.0. The maximum Gasteiger partial charge on any atom is 0.338 e. The third-order valence-electron chi connectivity index (χ3n) is 5.19. The summed E-state index contributed by atoms with van der Waals surface area (Å²) in [6.07, 6.45) is 0. The van der Waals surface area contributed by atoms with E-state index in [2.05, 4.69) is 10.0 Å². The highest BCUT2D eigenvalue weighted by atomic mass is 35.5. The summed E-state index contributed by atoms with van der Waals surface area (Å²) in [7, 11) is -4.06. The Labute approximate surface area is 204 Å². The van der Waals surface area contributed by atoms with Crippen LogP contribution in [0.2, 0.25) is 5.02 Å². The quantitative estimate of drug-likeness (QED) is 0.417. The van der Waals surface area contributed by atoms with Crippen LogP contribution in [0.4, 0.5) is 11.4 Å². The number of aryl methyl sites for hydroxylation is 2. The van der Waals surface area contributed by atoms with E-state index in [1.54, 1.807) is 51.1 Å². The molecule has 0 atom stereocenters. The van der Waals surface area contributed by atoms with Crippen LogP contribution in [0.3, 0.4) is 0 Å². The number of halogens is 1. The van der Waals surface area contributed by atoms with Crippen LogP contribution in [0.25, 0.3) is 0 Å². The lowest BCUT2D eigenvalue weighted by molar-refractivity contribution is 0.0525. The highest BCUT2D eigenvalue weighted by Gasteiger charge is 2.22. The molecule has 0 aliphatic carbocycles. The van der Waals surface area contributed by atoms with Crippen LogP contribution in [0.15, 0.2) is 59.5 Å². The molecule has 0 saturated carbocycles. The summed E-state index contributed by atoms with van der Waals surface area (Å²) < 4.78 is 33.7. The average Bonchev–Trinajstić information content (AvgIpc) is 2.77. The molecule has 34 heavy (non-hydrogen) atoms. The second-order valence-corrected chi connectivity index (χ2v) is 9.78. The van der Waals surface area contributed by atoms with Crippen molar-refractivity contribution in [3.05, 3.63) is 87.4 Å². The van der Waals surface area contributed by atoms with Crippen molar-refractivity contribution in [2.24, 2.45) is 0 Å². The molecule has 0 spiro atoms. The van der Waals surface area contributed by atoms with Crippen molar-refractivity contribution in [3.63, 3.8) is 0 Å². The minimum Gasteiger partial charge on any atom is -0.462 e. The highest BCUT2D eigenvalue weighted by Crippen LogP contribution is 2.27. The van der Waals surface area contributed by atoms with Gasteiger partial charge in [0.05, 0.1) is 22.9 Å². The number of benzene rings is 3. The Balaban J connectivity index is 1.89. The third-order valence-corrected chi connectivity index (χ3v) is 7.03. The zero-order valence-corrected chi connectivity index (χ0v) is 20.8. The Kier molecular flexibility index (Phi) is 7.64. The molecule has 1 amide bonds. The van der Waals surface area contributed by atoms with Crippen molar-refractivity contribution in [3.8, 4) is 0 Å². The first-order chi connectivity index (χ1) is 16.0. The van der Waals surface area contributed by atoms with E-state index in [0.717, 1.165) is 11.1 Å². The van der Waals surface area contributed by atoms with E-state index in [0.29, 0.717) is 22.5 Å². The number of esters is 1. The van der Waals surface area contributed by atoms with E-state index < -0.39 is 21.9 Å². The van der Waals surface area contributed by atoms with Crippen molar-refractivity contribution in [2.75, 3.05) is 16.6 Å². The van der Waals surface area contributed by atoms with Gasteiger partial charge in [0.25, 0.3) is 15.9 Å². The molecule has 178 valence electrons. The summed E-state index contributed by atoms with van der Waals surface area (Å²) in [6, 6.07) is 14.2. The first-order valence-electron chi connectivity index (χ1n) is 10.5. The molecule has 7 nitrogen and oxygen atoms in total. The zero-order chi connectivity index (χ0) is 25.0. The predicted octanol–water partition coefficient (Wildman–Crippen LogP) is 5.50. The van der Waals surface area contributed by atoms with Gasteiger partial charge in [-0.2, -0.15) is 0 Å². The Morgan fingerprint density at radius 3 is 2.38 bits per heavy atom. The molecule has 0 unspecified atom stereocenters. The minimum atomic E-state index is -4.06. The largest absolute Gasteiger partial charge is 0.462 e. The standard InChI is InChI=1S/C25H25ClN2O5S/c1-5-33-25(30)19-7-6-8-22(17(19)4)27-24(29)18-10-11-20(26)23(14-18)34(31,32)28-21-12-9-15(2)13-16(21)3/h6-14,28H,5H2,1-4H3,(H,27,29). The third kappa shape index (κ3) is 5.58. The van der Waals surface area contributed by atoms with E-state index in [1.807, 2.05) is 13.0 Å². The number of carbonyl (C=O) groups excluding carboxylic acids is 2. The molecule has 2 N–H and O–H groups in total. The van der Waals surface area contributed by atoms with Gasteiger partial charge in [0.2, 0.25) is 0 Å². The summed E-state index contributed by atoms with van der Waals surface area (Å²) in [4.78, 5) is 24.8. The van der Waals surface area contributed by atoms with Crippen molar-refractivity contribution in [1.82, 2.24) is 0 Å². The molecule has 3 aromatic rings. The lowest BCUT2D eigenvalue weighted by atomic mass is 10.1. The van der Waals surface area contributed by atoms with Gasteiger partial charge in [0, 0.05) is 11.3 Å². The lowest BCUT2D eigenvalue weighted by Gasteiger charge is -2.14. The van der Waals surface area contributed by atoms with Gasteiger partial charge < -0.3 is 10.1 Å². The van der Waals surface area contributed by atoms with Gasteiger partial charge >= 0.3 is 5.97 Å². The van der Waals surface area contributed by atoms with Crippen LogP contribution in [0.5, 0.6) is 0 Å². The van der Waals surface area contributed by atoms with Crippen molar-refractivity contribution < 1.29 is 22.7 Å². The number of anilines is 2. The molecule has 0 aliphatic rings. The average molecular weight is 501 g/mol. The normalized spacial score (nSPS) is 11.1. The monoisotopic (exact) mass is 500 g/mol. The second-order valence-electron chi connectivity index (χ2n) is 7.72. The van der Waals surface area contributed by atoms with E-state index >= 15 is 0 Å². The van der Waals surface area contributed by atoms with Crippen LogP contribution in [-0.4, -0.2) is 26.9 Å². The number of ether oxygens (including phenoxy) is 1. The Hall–Kier alpha value is -3.36. The zero-order valence-electron chi connectivity index (χ0n) is 19.2. The van der Waals surface area contributed by atoms with Crippen LogP contribution in [-0.2, 0) is 14.8 Å². The Bertz CT molecular complexity index is 1370. The summed E-state index contributed by atoms with van der Waals surface area (Å²) in [5.41, 5.74) is 3.53. The Morgan fingerprint density at radius 1 is 0.971 bits per heavy atom. The number of carbonyl (C=O) groups is 2. The molecule has 0 saturated heterocycles. The van der Waals surface area contributed by atoms with Gasteiger partial charge in [-0.3, -0.25) is 9.52 Å². The first kappa shape index (κ1) is 25.3. The fraction of sp³-hybridized carbons (Fsp3) is 0.200. The molecule has 0 aromatic heterocycles. The van der Waals surface area contributed by atoms with E-state index in [-0.39, 0.29) is 22.1 Å². The highest BCUT2D eigenvalue weighted by molar-refractivity contribution is 7.92. The molecule has 3 aromatic carbocycles. The maximum atomic E-state index is 13.0. The number of nitrogens with one attached hydrogen (secondary N) is 2. The molecule has 0 heterocycles. The SMILES string of the molecule is CCOC(=O)c1cccc(NC(=O)c2ccc(Cl)c(S(=O)(=O)Nc3ccc(C)cc3C)c2)c1C. The van der Waals surface area contributed by atoms with Crippen molar-refractivity contribution in [2.45, 2.75) is 32.6 Å². The smallest absolute Gasteiger partial charge is 0.338 e. The summed E-state index contributed by atoms with van der Waals surface area (Å²) >= 11 is 6.19. The van der Waals surface area contributed by atoms with E-state index in [1.165, 1.54) is 18.2 Å². The summed E-state index contributed by atoms with van der Waals surface area (Å²) in [5.74, 6) is -1.04. The van der Waals surface area contributed by atoms with E-state index in [4.69, 9.17) is 16.3 Å². The molecular weight excluding hydrogens is 476 g/mol. The van der Waals surface area contributed by atoms with Crippen molar-refractivity contribution in [1.29, 1.82) is 0 Å². The molecule has 3 rings (SSSR count). The minimum absolute atomic E-state index is 0.0192. The van der Waals surface area contributed by atoms with Crippen LogP contribution in [0, 0.1) is 20.8 Å². The van der Waals surface area contributed by atoms with Gasteiger partial charge in [0.15, 0.2) is 0 Å². The Morgan fingerprint density at radius 2 is 1.71 bits per heavy atom. The number of hydrogen-bond donors (Lipinski definition) is 2.